The number of aromatic nitrogens is 3. The lowest BCUT2D eigenvalue weighted by Crippen LogP contribution is -2.34. The summed E-state index contributed by atoms with van der Waals surface area (Å²) in [6.07, 6.45) is 0.542. The molecule has 5 rings (SSSR count). The molecule has 2 saturated carbocycles. The zero-order chi connectivity index (χ0) is 23.7. The zero-order valence-corrected chi connectivity index (χ0v) is 18.9. The summed E-state index contributed by atoms with van der Waals surface area (Å²) in [5.41, 5.74) is 7.99. The predicted molar refractivity (Wildman–Crippen MR) is 116 cm³/mol. The van der Waals surface area contributed by atoms with Crippen LogP contribution in [0.4, 0.5) is 23.4 Å². The molecule has 1 aliphatic heterocycles. The average Bonchev–Trinajstić information content (AvgIpc) is 3.15. The molecule has 180 valence electrons. The van der Waals surface area contributed by atoms with Gasteiger partial charge in [-0.2, -0.15) is 13.9 Å². The van der Waals surface area contributed by atoms with Gasteiger partial charge >= 0.3 is 6.61 Å². The van der Waals surface area contributed by atoms with E-state index in [2.05, 4.69) is 16.6 Å². The molecule has 3 heterocycles. The van der Waals surface area contributed by atoms with E-state index in [9.17, 15) is 17.6 Å². The first-order valence-corrected chi connectivity index (χ1v) is 11.4. The van der Waals surface area contributed by atoms with Crippen LogP contribution in [0.25, 0.3) is 11.3 Å². The van der Waals surface area contributed by atoms with Crippen molar-refractivity contribution in [3.63, 3.8) is 0 Å². The molecule has 2 N–H and O–H groups in total. The summed E-state index contributed by atoms with van der Waals surface area (Å²) >= 11 is 0. The summed E-state index contributed by atoms with van der Waals surface area (Å²) in [5, 5.41) is 4.75. The van der Waals surface area contributed by atoms with E-state index in [0.29, 0.717) is 23.1 Å². The van der Waals surface area contributed by atoms with E-state index in [0.717, 1.165) is 18.5 Å². The highest BCUT2D eigenvalue weighted by Crippen LogP contribution is 2.73. The summed E-state index contributed by atoms with van der Waals surface area (Å²) in [6, 6.07) is 3.74. The maximum absolute atomic E-state index is 13.7. The van der Waals surface area contributed by atoms with Gasteiger partial charge in [-0.25, -0.2) is 13.8 Å². The molecular formula is C23H29F4N5O. The van der Waals surface area contributed by atoms with Crippen LogP contribution in [0.2, 0.25) is 0 Å². The summed E-state index contributed by atoms with van der Waals surface area (Å²) in [5.74, 6) is 0.430. The molecule has 2 aromatic heterocycles. The Labute approximate surface area is 190 Å². The van der Waals surface area contributed by atoms with Crippen molar-refractivity contribution in [1.29, 1.82) is 0 Å². The van der Waals surface area contributed by atoms with Crippen molar-refractivity contribution in [2.45, 2.75) is 70.6 Å². The molecule has 6 nitrogen and oxygen atoms in total. The van der Waals surface area contributed by atoms with Crippen molar-refractivity contribution in [2.24, 2.45) is 11.3 Å². The molecular weight excluding hydrogens is 438 g/mol. The zero-order valence-electron chi connectivity index (χ0n) is 18.9. The molecule has 2 aliphatic carbocycles. The van der Waals surface area contributed by atoms with Gasteiger partial charge in [0.25, 0.3) is 0 Å². The van der Waals surface area contributed by atoms with Gasteiger partial charge in [-0.15, -0.1) is 0 Å². The second-order valence-electron chi connectivity index (χ2n) is 10.1. The number of hydrogen-bond donors (Lipinski definition) is 1. The van der Waals surface area contributed by atoms with E-state index < -0.39 is 19.0 Å². The van der Waals surface area contributed by atoms with E-state index >= 15 is 0 Å². The Balaban J connectivity index is 1.39. The Hall–Kier alpha value is -2.36. The topological polar surface area (TPSA) is 69.2 Å². The highest BCUT2D eigenvalue weighted by Gasteiger charge is 2.68. The van der Waals surface area contributed by atoms with E-state index in [1.807, 2.05) is 29.5 Å². The molecule has 0 radical (unpaired) electrons. The fourth-order valence-corrected chi connectivity index (χ4v) is 6.08. The lowest BCUT2D eigenvalue weighted by Gasteiger charge is -2.27. The van der Waals surface area contributed by atoms with Crippen molar-refractivity contribution < 1.29 is 22.3 Å². The lowest BCUT2D eigenvalue weighted by atomic mass is 9.96. The fraction of sp³-hybridized carbons (Fsp3) is 0.652. The Morgan fingerprint density at radius 1 is 1.18 bits per heavy atom. The van der Waals surface area contributed by atoms with Crippen LogP contribution in [0, 0.1) is 11.3 Å². The van der Waals surface area contributed by atoms with Crippen LogP contribution in [0.5, 0.6) is 5.75 Å². The minimum atomic E-state index is -3.00. The van der Waals surface area contributed by atoms with Gasteiger partial charge in [0.1, 0.15) is 12.3 Å². The number of nitrogens with two attached hydrogens (primary N) is 1. The van der Waals surface area contributed by atoms with Crippen LogP contribution in [0.3, 0.4) is 0 Å². The Bertz CT molecular complexity index is 1040. The van der Waals surface area contributed by atoms with Crippen molar-refractivity contribution >= 4 is 5.82 Å². The first kappa shape index (κ1) is 22.4. The first-order valence-electron chi connectivity index (χ1n) is 11.4. The van der Waals surface area contributed by atoms with E-state index in [4.69, 9.17) is 10.8 Å². The van der Waals surface area contributed by atoms with Gasteiger partial charge < -0.3 is 10.5 Å². The van der Waals surface area contributed by atoms with Crippen LogP contribution in [-0.2, 0) is 0 Å². The smallest absolute Gasteiger partial charge is 0.387 e. The minimum absolute atomic E-state index is 0.0537. The maximum Gasteiger partial charge on any atom is 0.387 e. The largest absolute Gasteiger partial charge is 0.431 e. The number of nitrogens with zero attached hydrogens (tertiary/aromatic N) is 4. The highest BCUT2D eigenvalue weighted by molar-refractivity contribution is 5.64. The number of fused-ring (bicyclic) bond motifs is 1. The Morgan fingerprint density at radius 3 is 2.45 bits per heavy atom. The molecule has 0 spiro atoms. The van der Waals surface area contributed by atoms with Crippen LogP contribution < -0.4 is 10.5 Å². The molecule has 0 bridgehead atoms. The third kappa shape index (κ3) is 3.76. The van der Waals surface area contributed by atoms with Gasteiger partial charge in [-0.1, -0.05) is 6.92 Å². The molecule has 2 unspecified atom stereocenters. The molecule has 3 aliphatic rings. The Morgan fingerprint density at radius 2 is 1.88 bits per heavy atom. The summed E-state index contributed by atoms with van der Waals surface area (Å²) < 4.78 is 59.3. The van der Waals surface area contributed by atoms with Crippen LogP contribution in [-0.4, -0.2) is 57.8 Å². The third-order valence-corrected chi connectivity index (χ3v) is 7.74. The highest BCUT2D eigenvalue weighted by atomic mass is 19.3. The second kappa shape index (κ2) is 7.85. The van der Waals surface area contributed by atoms with Crippen molar-refractivity contribution in [1.82, 2.24) is 19.7 Å². The number of anilines is 1. The van der Waals surface area contributed by atoms with Gasteiger partial charge in [-0.05, 0) is 50.2 Å². The van der Waals surface area contributed by atoms with Crippen molar-refractivity contribution in [3.8, 4) is 17.0 Å². The van der Waals surface area contributed by atoms with E-state index in [1.54, 1.807) is 0 Å². The standard InChI is InChI=1S/C23H29F4N5O/c1-11(2)32-18(6-17(30-32)12-4-19(33-22(26)27)21(28)29-8-12)20-14-5-13(7-23(14,20)3)31-9-15(24)16(25)10-31/h4,6,8,11,13-16,20,22H,5,7,9-10H2,1-3H3,(H2,28,29)/t13?,14-,15-,16+,20+,23?/m0/s1. The van der Waals surface area contributed by atoms with Crippen LogP contribution in [0.1, 0.15) is 51.3 Å². The SMILES string of the molecule is CC(C)n1nc(-c2cnc(N)c(OC(F)F)c2)cc1[C@H]1[C@@H]2CC(N3C[C@@H](F)[C@@H](F)C3)CC21C. The monoisotopic (exact) mass is 467 g/mol. The number of rotatable bonds is 6. The maximum atomic E-state index is 13.7. The molecule has 6 atom stereocenters. The number of alkyl halides is 4. The van der Waals surface area contributed by atoms with Crippen LogP contribution >= 0.6 is 0 Å². The molecule has 3 fully saturated rings. The summed E-state index contributed by atoms with van der Waals surface area (Å²) in [4.78, 5) is 5.97. The van der Waals surface area contributed by atoms with E-state index in [1.165, 1.54) is 12.3 Å². The molecule has 10 heteroatoms. The van der Waals surface area contributed by atoms with Crippen molar-refractivity contribution in [2.75, 3.05) is 18.8 Å². The molecule has 33 heavy (non-hydrogen) atoms. The predicted octanol–water partition coefficient (Wildman–Crippen LogP) is 4.58. The third-order valence-electron chi connectivity index (χ3n) is 7.74. The van der Waals surface area contributed by atoms with Gasteiger partial charge in [-0.3, -0.25) is 9.58 Å². The summed E-state index contributed by atoms with van der Waals surface area (Å²) in [7, 11) is 0. The normalized spacial score (nSPS) is 33.8. The number of pyridine rings is 1. The van der Waals surface area contributed by atoms with Gasteiger partial charge in [0.15, 0.2) is 11.6 Å². The second-order valence-corrected chi connectivity index (χ2v) is 10.1. The number of hydrogen-bond acceptors (Lipinski definition) is 5. The summed E-state index contributed by atoms with van der Waals surface area (Å²) in [6.45, 7) is 3.70. The molecule has 0 amide bonds. The lowest BCUT2D eigenvalue weighted by molar-refractivity contribution is -0.0494. The molecule has 0 aromatic carbocycles. The molecule has 2 aromatic rings. The van der Waals surface area contributed by atoms with Crippen LogP contribution in [0.15, 0.2) is 18.3 Å². The number of halogens is 4. The van der Waals surface area contributed by atoms with Crippen molar-refractivity contribution in [3.05, 3.63) is 24.0 Å². The quantitative estimate of drug-likeness (QED) is 0.630. The molecule has 1 saturated heterocycles. The number of ether oxygens (including phenoxy) is 1. The van der Waals surface area contributed by atoms with Gasteiger partial charge in [0.2, 0.25) is 0 Å². The van der Waals surface area contributed by atoms with Gasteiger partial charge in [0, 0.05) is 48.5 Å². The van der Waals surface area contributed by atoms with Gasteiger partial charge in [0.05, 0.1) is 5.69 Å². The van der Waals surface area contributed by atoms with E-state index in [-0.39, 0.29) is 42.2 Å². The average molecular weight is 468 g/mol. The number of likely N-dealkylation sites (tertiary alicyclic amines) is 1. The first-order chi connectivity index (χ1) is 15.6. The fourth-order valence-electron chi connectivity index (χ4n) is 6.08. The number of nitrogen functional groups attached to an aromatic ring is 1. The minimum Gasteiger partial charge on any atom is -0.431 e. The Kier molecular flexibility index (Phi) is 5.34.